The molecule has 0 saturated heterocycles. The second-order valence-electron chi connectivity index (χ2n) is 2.08. The van der Waals surface area contributed by atoms with Gasteiger partial charge in [-0.2, -0.15) is 0 Å². The lowest BCUT2D eigenvalue weighted by Gasteiger charge is -2.00. The third-order valence-electron chi connectivity index (χ3n) is 1.13. The first kappa shape index (κ1) is 10.5. The Morgan fingerprint density at radius 2 is 2.42 bits per heavy atom. The molecular weight excluding hydrogens is 158 g/mol. The molecule has 4 heteroatoms. The molecule has 0 aromatic carbocycles. The quantitative estimate of drug-likeness (QED) is 0.222. The fourth-order valence-corrected chi connectivity index (χ4v) is 0.620. The van der Waals surface area contributed by atoms with E-state index in [1.165, 1.54) is 0 Å². The van der Waals surface area contributed by atoms with Crippen LogP contribution >= 0.6 is 0 Å². The Hall–Kier alpha value is -1.50. The predicted molar refractivity (Wildman–Crippen MR) is 43.9 cm³/mol. The molecule has 0 spiro atoms. The van der Waals surface area contributed by atoms with E-state index in [4.69, 9.17) is 11.6 Å². The number of hydrogen-bond donors (Lipinski definition) is 1. The van der Waals surface area contributed by atoms with E-state index in [0.29, 0.717) is 12.8 Å². The van der Waals surface area contributed by atoms with Crippen LogP contribution in [0.2, 0.25) is 0 Å². The molecule has 0 unspecified atom stereocenters. The van der Waals surface area contributed by atoms with Crippen molar-refractivity contribution in [3.05, 3.63) is 0 Å². The van der Waals surface area contributed by atoms with Crippen LogP contribution in [0.15, 0.2) is 5.16 Å². The van der Waals surface area contributed by atoms with Gasteiger partial charge in [-0.25, -0.2) is 4.79 Å². The number of oxime groups is 1. The Balaban J connectivity index is 3.98. The predicted octanol–water partition coefficient (Wildman–Crippen LogP) is 0.793. The molecular formula is C8H11NO3. The highest BCUT2D eigenvalue weighted by atomic mass is 16.5. The third-order valence-corrected chi connectivity index (χ3v) is 1.13. The van der Waals surface area contributed by atoms with E-state index >= 15 is 0 Å². The number of terminal acetylenes is 1. The zero-order valence-corrected chi connectivity index (χ0v) is 6.91. The van der Waals surface area contributed by atoms with Gasteiger partial charge in [-0.3, -0.25) is 0 Å². The van der Waals surface area contributed by atoms with Gasteiger partial charge in [0.25, 0.3) is 0 Å². The molecule has 0 saturated carbocycles. The maximum Gasteiger partial charge on any atom is 0.357 e. The van der Waals surface area contributed by atoms with Crippen molar-refractivity contribution in [1.82, 2.24) is 0 Å². The summed E-state index contributed by atoms with van der Waals surface area (Å²) in [7, 11) is 0. The highest BCUT2D eigenvalue weighted by Gasteiger charge is 2.11. The van der Waals surface area contributed by atoms with Crippen LogP contribution in [0, 0.1) is 12.3 Å². The Labute approximate surface area is 71.2 Å². The largest absolute Gasteiger partial charge is 0.448 e. The summed E-state index contributed by atoms with van der Waals surface area (Å²) >= 11 is 0. The van der Waals surface area contributed by atoms with Gasteiger partial charge in [0.05, 0.1) is 0 Å². The number of nitrogens with zero attached hydrogens (tertiary/aromatic N) is 1. The minimum absolute atomic E-state index is 0.00718. The van der Waals surface area contributed by atoms with Gasteiger partial charge in [0.15, 0.2) is 12.3 Å². The molecule has 12 heavy (non-hydrogen) atoms. The molecule has 0 amide bonds. The van der Waals surface area contributed by atoms with Crippen LogP contribution in [-0.4, -0.2) is 23.5 Å². The molecule has 0 aliphatic rings. The van der Waals surface area contributed by atoms with E-state index in [1.807, 2.05) is 6.92 Å². The van der Waals surface area contributed by atoms with Crippen molar-refractivity contribution in [2.75, 3.05) is 6.61 Å². The SMILES string of the molecule is C#CCOC(=O)/C(CCC)=N/O. The topological polar surface area (TPSA) is 58.9 Å². The van der Waals surface area contributed by atoms with Gasteiger partial charge in [0.1, 0.15) is 0 Å². The summed E-state index contributed by atoms with van der Waals surface area (Å²) in [5.41, 5.74) is 0.00718. The monoisotopic (exact) mass is 169 g/mol. The lowest BCUT2D eigenvalue weighted by atomic mass is 10.2. The minimum atomic E-state index is -0.655. The fraction of sp³-hybridized carbons (Fsp3) is 0.500. The summed E-state index contributed by atoms with van der Waals surface area (Å²) in [6.07, 6.45) is 5.96. The van der Waals surface area contributed by atoms with Gasteiger partial charge in [-0.1, -0.05) is 24.4 Å². The van der Waals surface area contributed by atoms with Crippen LogP contribution in [0.5, 0.6) is 0 Å². The van der Waals surface area contributed by atoms with Crippen LogP contribution < -0.4 is 0 Å². The number of ether oxygens (including phenoxy) is 1. The van der Waals surface area contributed by atoms with Crippen molar-refractivity contribution in [3.8, 4) is 12.3 Å². The lowest BCUT2D eigenvalue weighted by Crippen LogP contribution is -2.17. The molecule has 0 atom stereocenters. The molecule has 0 radical (unpaired) electrons. The lowest BCUT2D eigenvalue weighted by molar-refractivity contribution is -0.134. The Morgan fingerprint density at radius 3 is 2.83 bits per heavy atom. The molecule has 0 bridgehead atoms. The van der Waals surface area contributed by atoms with E-state index < -0.39 is 5.97 Å². The summed E-state index contributed by atoms with van der Waals surface area (Å²) < 4.78 is 4.53. The standard InChI is InChI=1S/C8H11NO3/c1-3-5-7(9-11)8(10)12-6-4-2/h2,11H,3,5-6H2,1H3/b9-7+. The van der Waals surface area contributed by atoms with Crippen molar-refractivity contribution in [1.29, 1.82) is 0 Å². The molecule has 1 N–H and O–H groups in total. The van der Waals surface area contributed by atoms with Crippen molar-refractivity contribution in [2.24, 2.45) is 5.16 Å². The van der Waals surface area contributed by atoms with E-state index in [1.54, 1.807) is 0 Å². The first-order valence-electron chi connectivity index (χ1n) is 3.57. The van der Waals surface area contributed by atoms with E-state index in [0.717, 1.165) is 0 Å². The summed E-state index contributed by atoms with van der Waals surface area (Å²) in [5.74, 6) is 1.48. The van der Waals surface area contributed by atoms with Crippen molar-refractivity contribution >= 4 is 11.7 Å². The number of rotatable bonds is 4. The number of carbonyl (C=O) groups is 1. The Morgan fingerprint density at radius 1 is 1.75 bits per heavy atom. The molecule has 66 valence electrons. The molecule has 0 aliphatic heterocycles. The maximum atomic E-state index is 10.9. The van der Waals surface area contributed by atoms with E-state index in [9.17, 15) is 4.79 Å². The minimum Gasteiger partial charge on any atom is -0.448 e. The molecule has 0 aromatic rings. The van der Waals surface area contributed by atoms with Crippen LogP contribution in [0.1, 0.15) is 19.8 Å². The van der Waals surface area contributed by atoms with Gasteiger partial charge in [-0.15, -0.1) is 6.42 Å². The zero-order chi connectivity index (χ0) is 9.40. The summed E-state index contributed by atoms with van der Waals surface area (Å²) in [6.45, 7) is 1.77. The second-order valence-corrected chi connectivity index (χ2v) is 2.08. The first-order valence-corrected chi connectivity index (χ1v) is 3.57. The van der Waals surface area contributed by atoms with Gasteiger partial charge in [-0.05, 0) is 0 Å². The van der Waals surface area contributed by atoms with Crippen LogP contribution in [-0.2, 0) is 9.53 Å². The van der Waals surface area contributed by atoms with Crippen LogP contribution in [0.4, 0.5) is 0 Å². The smallest absolute Gasteiger partial charge is 0.357 e. The highest BCUT2D eigenvalue weighted by molar-refractivity contribution is 6.36. The number of esters is 1. The Bertz CT molecular complexity index is 215. The molecule has 0 rings (SSSR count). The van der Waals surface area contributed by atoms with Crippen molar-refractivity contribution < 1.29 is 14.7 Å². The average Bonchev–Trinajstić information content (AvgIpc) is 2.10. The molecule has 4 nitrogen and oxygen atoms in total. The normalized spacial score (nSPS) is 10.5. The number of hydrogen-bond acceptors (Lipinski definition) is 4. The number of carbonyl (C=O) groups excluding carboxylic acids is 1. The van der Waals surface area contributed by atoms with Gasteiger partial charge in [0.2, 0.25) is 0 Å². The van der Waals surface area contributed by atoms with Gasteiger partial charge < -0.3 is 9.94 Å². The molecule has 0 heterocycles. The van der Waals surface area contributed by atoms with E-state index in [2.05, 4.69) is 15.8 Å². The summed E-state index contributed by atoms with van der Waals surface area (Å²) in [5, 5.41) is 11.2. The third kappa shape index (κ3) is 3.62. The Kier molecular flexibility index (Phi) is 5.45. The van der Waals surface area contributed by atoms with Crippen molar-refractivity contribution in [2.45, 2.75) is 19.8 Å². The average molecular weight is 169 g/mol. The summed E-state index contributed by atoms with van der Waals surface area (Å²) in [4.78, 5) is 10.9. The fourth-order valence-electron chi connectivity index (χ4n) is 0.620. The maximum absolute atomic E-state index is 10.9. The molecule has 0 aromatic heterocycles. The second kappa shape index (κ2) is 6.23. The highest BCUT2D eigenvalue weighted by Crippen LogP contribution is 1.94. The van der Waals surface area contributed by atoms with Gasteiger partial charge in [0, 0.05) is 6.42 Å². The molecule has 0 aliphatic carbocycles. The summed E-state index contributed by atoms with van der Waals surface area (Å²) in [6, 6.07) is 0. The van der Waals surface area contributed by atoms with Gasteiger partial charge >= 0.3 is 5.97 Å². The van der Waals surface area contributed by atoms with Crippen LogP contribution in [0.3, 0.4) is 0 Å². The zero-order valence-electron chi connectivity index (χ0n) is 6.91. The molecule has 0 fully saturated rings. The van der Waals surface area contributed by atoms with E-state index in [-0.39, 0.29) is 12.3 Å². The first-order chi connectivity index (χ1) is 5.76. The van der Waals surface area contributed by atoms with Crippen LogP contribution in [0.25, 0.3) is 0 Å². The van der Waals surface area contributed by atoms with Crippen molar-refractivity contribution in [3.63, 3.8) is 0 Å².